The van der Waals surface area contributed by atoms with Crippen molar-refractivity contribution in [1.29, 1.82) is 0 Å². The Bertz CT molecular complexity index is 440. The number of hydrogen-bond donors (Lipinski definition) is 3. The molecular formula is C10H17F3N2O4S. The summed E-state index contributed by atoms with van der Waals surface area (Å²) in [5.74, 6) is -1.58. The molecule has 1 saturated carbocycles. The summed E-state index contributed by atoms with van der Waals surface area (Å²) in [7, 11) is -3.00. The van der Waals surface area contributed by atoms with Gasteiger partial charge >= 0.3 is 12.1 Å². The van der Waals surface area contributed by atoms with Gasteiger partial charge in [0.25, 0.3) is 0 Å². The van der Waals surface area contributed by atoms with Gasteiger partial charge in [-0.05, 0) is 37.8 Å². The van der Waals surface area contributed by atoms with E-state index in [2.05, 4.69) is 10.0 Å². The van der Waals surface area contributed by atoms with Gasteiger partial charge in [0, 0.05) is 6.04 Å². The van der Waals surface area contributed by atoms with Crippen molar-refractivity contribution < 1.29 is 31.5 Å². The molecule has 6 nitrogen and oxygen atoms in total. The Morgan fingerprint density at radius 1 is 1.25 bits per heavy atom. The van der Waals surface area contributed by atoms with Gasteiger partial charge in [0.2, 0.25) is 10.0 Å². The smallest absolute Gasteiger partial charge is 0.475 e. The van der Waals surface area contributed by atoms with Crippen LogP contribution in [0.15, 0.2) is 0 Å². The fourth-order valence-corrected chi connectivity index (χ4v) is 3.16. The molecule has 0 bridgehead atoms. The SMILES string of the molecule is CS(=O)(=O)NC1[C@H]2CCNCC[C@@H]12.O=C(O)C(F)(F)F. The number of aliphatic carboxylic acids is 1. The first-order chi connectivity index (χ1) is 9.02. The zero-order valence-corrected chi connectivity index (χ0v) is 11.6. The third kappa shape index (κ3) is 5.63. The Balaban J connectivity index is 0.000000246. The molecule has 0 aromatic rings. The summed E-state index contributed by atoms with van der Waals surface area (Å²) in [5, 5.41) is 10.4. The van der Waals surface area contributed by atoms with Gasteiger partial charge in [-0.25, -0.2) is 17.9 Å². The molecule has 1 saturated heterocycles. The lowest BCUT2D eigenvalue weighted by molar-refractivity contribution is -0.192. The van der Waals surface area contributed by atoms with Crippen LogP contribution in [0.1, 0.15) is 12.8 Å². The second kappa shape index (κ2) is 6.27. The second-order valence-electron chi connectivity index (χ2n) is 4.87. The molecule has 2 rings (SSSR count). The van der Waals surface area contributed by atoms with E-state index in [0.717, 1.165) is 25.9 Å². The zero-order valence-electron chi connectivity index (χ0n) is 10.8. The monoisotopic (exact) mass is 318 g/mol. The number of carboxylic acid groups (broad SMARTS) is 1. The molecule has 2 fully saturated rings. The largest absolute Gasteiger partial charge is 0.490 e. The molecule has 0 aromatic heterocycles. The van der Waals surface area contributed by atoms with E-state index in [9.17, 15) is 21.6 Å². The van der Waals surface area contributed by atoms with Crippen LogP contribution in [0.25, 0.3) is 0 Å². The number of carboxylic acids is 1. The average Bonchev–Trinajstić information content (AvgIpc) is 2.92. The summed E-state index contributed by atoms with van der Waals surface area (Å²) >= 11 is 0. The molecule has 1 aliphatic heterocycles. The third-order valence-corrected chi connectivity index (χ3v) is 3.93. The predicted molar refractivity (Wildman–Crippen MR) is 64.5 cm³/mol. The third-order valence-electron chi connectivity index (χ3n) is 3.23. The Morgan fingerprint density at radius 2 is 1.65 bits per heavy atom. The van der Waals surface area contributed by atoms with Crippen LogP contribution in [-0.4, -0.2) is 51.1 Å². The molecule has 3 atom stereocenters. The van der Waals surface area contributed by atoms with E-state index in [1.54, 1.807) is 0 Å². The van der Waals surface area contributed by atoms with Crippen LogP contribution < -0.4 is 10.0 Å². The summed E-state index contributed by atoms with van der Waals surface area (Å²) < 4.78 is 56.4. The van der Waals surface area contributed by atoms with Gasteiger partial charge in [-0.2, -0.15) is 13.2 Å². The van der Waals surface area contributed by atoms with Gasteiger partial charge in [-0.15, -0.1) is 0 Å². The molecule has 1 aliphatic carbocycles. The van der Waals surface area contributed by atoms with Crippen LogP contribution >= 0.6 is 0 Å². The molecule has 0 spiro atoms. The minimum Gasteiger partial charge on any atom is -0.475 e. The Labute approximate surface area is 114 Å². The molecule has 2 aliphatic rings. The molecule has 0 aromatic carbocycles. The summed E-state index contributed by atoms with van der Waals surface area (Å²) in [6, 6.07) is 0.233. The van der Waals surface area contributed by atoms with Gasteiger partial charge in [-0.3, -0.25) is 0 Å². The highest BCUT2D eigenvalue weighted by Gasteiger charge is 2.50. The predicted octanol–water partition coefficient (Wildman–Crippen LogP) is 0.167. The second-order valence-corrected chi connectivity index (χ2v) is 6.65. The first kappa shape index (κ1) is 17.2. The summed E-state index contributed by atoms with van der Waals surface area (Å²) in [6.45, 7) is 2.06. The number of carbonyl (C=O) groups is 1. The highest BCUT2D eigenvalue weighted by molar-refractivity contribution is 7.88. The maximum Gasteiger partial charge on any atom is 0.490 e. The van der Waals surface area contributed by atoms with Crippen LogP contribution in [0.4, 0.5) is 13.2 Å². The van der Waals surface area contributed by atoms with E-state index in [4.69, 9.17) is 9.90 Å². The molecule has 1 heterocycles. The zero-order chi connectivity index (χ0) is 15.6. The van der Waals surface area contributed by atoms with E-state index in [1.807, 2.05) is 0 Å². The van der Waals surface area contributed by atoms with Crippen molar-refractivity contribution in [1.82, 2.24) is 10.0 Å². The highest BCUT2D eigenvalue weighted by atomic mass is 32.2. The Hall–Kier alpha value is -0.870. The Kier molecular flexibility index (Phi) is 5.39. The minimum atomic E-state index is -5.08. The van der Waals surface area contributed by atoms with E-state index in [1.165, 1.54) is 6.26 Å². The first-order valence-corrected chi connectivity index (χ1v) is 7.89. The quantitative estimate of drug-likeness (QED) is 0.674. The van der Waals surface area contributed by atoms with Crippen LogP contribution in [0.5, 0.6) is 0 Å². The number of fused-ring (bicyclic) bond motifs is 1. The molecule has 0 amide bonds. The Morgan fingerprint density at radius 3 is 1.95 bits per heavy atom. The summed E-state index contributed by atoms with van der Waals surface area (Å²) in [4.78, 5) is 8.90. The van der Waals surface area contributed by atoms with Gasteiger partial charge in [0.15, 0.2) is 0 Å². The van der Waals surface area contributed by atoms with Crippen LogP contribution in [0, 0.1) is 11.8 Å². The number of nitrogens with one attached hydrogen (secondary N) is 2. The van der Waals surface area contributed by atoms with Gasteiger partial charge in [0.1, 0.15) is 0 Å². The standard InChI is InChI=1S/C8H16N2O2S.C2HF3O2/c1-13(11,12)10-8-6-2-4-9-5-3-7(6)8;3-2(4,5)1(6)7/h6-10H,2-5H2,1H3;(H,6,7)/t6-,7+,8?;. The van der Waals surface area contributed by atoms with E-state index in [-0.39, 0.29) is 6.04 Å². The summed E-state index contributed by atoms with van der Waals surface area (Å²) in [5.41, 5.74) is 0. The molecular weight excluding hydrogens is 301 g/mol. The number of halogens is 3. The molecule has 3 N–H and O–H groups in total. The van der Waals surface area contributed by atoms with Crippen LogP contribution in [0.3, 0.4) is 0 Å². The number of alkyl halides is 3. The van der Waals surface area contributed by atoms with Gasteiger partial charge in [0.05, 0.1) is 6.26 Å². The van der Waals surface area contributed by atoms with Crippen molar-refractivity contribution in [2.24, 2.45) is 11.8 Å². The van der Waals surface area contributed by atoms with Crippen molar-refractivity contribution >= 4 is 16.0 Å². The van der Waals surface area contributed by atoms with Gasteiger partial charge < -0.3 is 10.4 Å². The number of hydrogen-bond acceptors (Lipinski definition) is 4. The molecule has 118 valence electrons. The van der Waals surface area contributed by atoms with Crippen molar-refractivity contribution in [2.75, 3.05) is 19.3 Å². The fraction of sp³-hybridized carbons (Fsp3) is 0.900. The molecule has 1 unspecified atom stereocenters. The number of rotatable bonds is 2. The maximum absolute atomic E-state index is 11.0. The van der Waals surface area contributed by atoms with E-state index >= 15 is 0 Å². The number of sulfonamides is 1. The molecule has 20 heavy (non-hydrogen) atoms. The van der Waals surface area contributed by atoms with Crippen molar-refractivity contribution in [2.45, 2.75) is 25.1 Å². The fourth-order valence-electron chi connectivity index (χ4n) is 2.32. The van der Waals surface area contributed by atoms with Crippen LogP contribution in [-0.2, 0) is 14.8 Å². The lowest BCUT2D eigenvalue weighted by atomic mass is 10.2. The lowest BCUT2D eigenvalue weighted by Crippen LogP contribution is -2.28. The minimum absolute atomic E-state index is 0.233. The topological polar surface area (TPSA) is 95.5 Å². The van der Waals surface area contributed by atoms with Crippen LogP contribution in [0.2, 0.25) is 0 Å². The van der Waals surface area contributed by atoms with Gasteiger partial charge in [-0.1, -0.05) is 0 Å². The maximum atomic E-state index is 11.0. The first-order valence-electron chi connectivity index (χ1n) is 6.00. The normalized spacial score (nSPS) is 29.5. The average molecular weight is 318 g/mol. The summed E-state index contributed by atoms with van der Waals surface area (Å²) in [6.07, 6.45) is -1.63. The molecule has 0 radical (unpaired) electrons. The van der Waals surface area contributed by atoms with E-state index < -0.39 is 22.2 Å². The van der Waals surface area contributed by atoms with E-state index in [0.29, 0.717) is 11.8 Å². The van der Waals surface area contributed by atoms with Crippen molar-refractivity contribution in [3.05, 3.63) is 0 Å². The highest BCUT2D eigenvalue weighted by Crippen LogP contribution is 2.45. The molecule has 10 heteroatoms. The lowest BCUT2D eigenvalue weighted by Gasteiger charge is -2.04. The van der Waals surface area contributed by atoms with Crippen molar-refractivity contribution in [3.8, 4) is 0 Å². The van der Waals surface area contributed by atoms with Crippen molar-refractivity contribution in [3.63, 3.8) is 0 Å².